The molecule has 34 heavy (non-hydrogen) atoms. The van der Waals surface area contributed by atoms with Crippen LogP contribution in [0.15, 0.2) is 90.2 Å². The average molecular weight is 447 g/mol. The molecule has 0 spiro atoms. The molecule has 0 aliphatic carbocycles. The number of hydrogen-bond acceptors (Lipinski definition) is 5. The van der Waals surface area contributed by atoms with Gasteiger partial charge in [-0.15, -0.1) is 0 Å². The van der Waals surface area contributed by atoms with Gasteiger partial charge in [-0.2, -0.15) is 10.2 Å². The fourth-order valence-corrected chi connectivity index (χ4v) is 3.76. The molecule has 0 saturated heterocycles. The van der Waals surface area contributed by atoms with Crippen LogP contribution >= 0.6 is 0 Å². The Kier molecular flexibility index (Phi) is 5.58. The van der Waals surface area contributed by atoms with Gasteiger partial charge in [0.2, 0.25) is 0 Å². The van der Waals surface area contributed by atoms with Crippen molar-refractivity contribution in [3.8, 4) is 28.3 Å². The highest BCUT2D eigenvalue weighted by Crippen LogP contribution is 2.30. The van der Waals surface area contributed by atoms with Crippen molar-refractivity contribution >= 4 is 23.0 Å². The number of hydrogen-bond donors (Lipinski definition) is 3. The van der Waals surface area contributed by atoms with Crippen LogP contribution in [0.3, 0.4) is 0 Å². The number of aromatic nitrogens is 3. The molecule has 0 radical (unpaired) electrons. The van der Waals surface area contributed by atoms with Crippen molar-refractivity contribution in [2.45, 2.75) is 6.92 Å². The fraction of sp³-hybridized carbons (Fsp3) is 0.0370. The Labute approximate surface area is 195 Å². The Morgan fingerprint density at radius 1 is 1.03 bits per heavy atom. The molecule has 7 nitrogen and oxygen atoms in total. The van der Waals surface area contributed by atoms with Gasteiger partial charge in [-0.05, 0) is 31.2 Å². The van der Waals surface area contributed by atoms with E-state index in [1.165, 1.54) is 5.56 Å². The highest BCUT2D eigenvalue weighted by molar-refractivity contribution is 6.07. The van der Waals surface area contributed by atoms with Crippen LogP contribution in [0.1, 0.15) is 21.5 Å². The standard InChI is InChI=1S/C27H21N5O2/c1-17-10-12-18(13-11-17)26-19(15-28-31-26)16-29-32-27(34)22-14-24(21-7-3-5-9-25(21)33)30-23-8-4-2-6-20(22)23/h2-16,33H,1H3,(H,28,31)(H,32,34)/b29-16+. The molecular weight excluding hydrogens is 426 g/mol. The first-order chi connectivity index (χ1) is 16.6. The van der Waals surface area contributed by atoms with E-state index in [0.717, 1.165) is 16.8 Å². The van der Waals surface area contributed by atoms with E-state index in [4.69, 9.17) is 0 Å². The van der Waals surface area contributed by atoms with Crippen molar-refractivity contribution < 1.29 is 9.90 Å². The Morgan fingerprint density at radius 3 is 2.62 bits per heavy atom. The average Bonchev–Trinajstić information content (AvgIpc) is 3.32. The summed E-state index contributed by atoms with van der Waals surface area (Å²) in [7, 11) is 0. The molecule has 2 heterocycles. The highest BCUT2D eigenvalue weighted by Gasteiger charge is 2.15. The minimum Gasteiger partial charge on any atom is -0.507 e. The number of nitrogens with zero attached hydrogens (tertiary/aromatic N) is 3. The SMILES string of the molecule is Cc1ccc(-c2[nH]ncc2/C=N/NC(=O)c2cc(-c3ccccc3O)nc3ccccc23)cc1. The number of rotatable bonds is 5. The van der Waals surface area contributed by atoms with Gasteiger partial charge in [0.25, 0.3) is 5.91 Å². The van der Waals surface area contributed by atoms with E-state index < -0.39 is 0 Å². The summed E-state index contributed by atoms with van der Waals surface area (Å²) < 4.78 is 0. The lowest BCUT2D eigenvalue weighted by molar-refractivity contribution is 0.0956. The van der Waals surface area contributed by atoms with Crippen LogP contribution in [0.25, 0.3) is 33.4 Å². The molecule has 0 unspecified atom stereocenters. The van der Waals surface area contributed by atoms with Crippen molar-refractivity contribution in [3.05, 3.63) is 102 Å². The summed E-state index contributed by atoms with van der Waals surface area (Å²) in [4.78, 5) is 17.7. The molecule has 3 aromatic carbocycles. The van der Waals surface area contributed by atoms with Gasteiger partial charge in [-0.1, -0.05) is 60.2 Å². The Hall–Kier alpha value is -4.78. The molecule has 7 heteroatoms. The minimum absolute atomic E-state index is 0.0956. The number of aryl methyl sites for hydroxylation is 1. The summed E-state index contributed by atoms with van der Waals surface area (Å²) >= 11 is 0. The first-order valence-corrected chi connectivity index (χ1v) is 10.7. The van der Waals surface area contributed by atoms with E-state index in [9.17, 15) is 9.90 Å². The molecule has 0 saturated carbocycles. The van der Waals surface area contributed by atoms with Gasteiger partial charge < -0.3 is 5.11 Å². The number of para-hydroxylation sites is 2. The van der Waals surface area contributed by atoms with Gasteiger partial charge in [0, 0.05) is 22.1 Å². The van der Waals surface area contributed by atoms with Crippen LogP contribution in [0.2, 0.25) is 0 Å². The quantitative estimate of drug-likeness (QED) is 0.258. The molecule has 0 aliphatic heterocycles. The number of phenolic OH excluding ortho intramolecular Hbond substituents is 1. The number of benzene rings is 3. The zero-order chi connectivity index (χ0) is 23.5. The lowest BCUT2D eigenvalue weighted by Crippen LogP contribution is -2.18. The summed E-state index contributed by atoms with van der Waals surface area (Å²) in [6.45, 7) is 2.03. The number of carbonyl (C=O) groups is 1. The molecule has 0 fully saturated rings. The Bertz CT molecular complexity index is 1520. The number of H-pyrrole nitrogens is 1. The first-order valence-electron chi connectivity index (χ1n) is 10.7. The second-order valence-electron chi connectivity index (χ2n) is 7.85. The summed E-state index contributed by atoms with van der Waals surface area (Å²) in [5.74, 6) is -0.287. The summed E-state index contributed by atoms with van der Waals surface area (Å²) in [5.41, 5.74) is 8.42. The largest absolute Gasteiger partial charge is 0.507 e. The summed E-state index contributed by atoms with van der Waals surface area (Å²) in [5, 5.41) is 22.2. The molecular formula is C27H21N5O2. The molecule has 5 aromatic rings. The van der Waals surface area contributed by atoms with Gasteiger partial charge in [-0.25, -0.2) is 10.4 Å². The molecule has 0 aliphatic rings. The fourth-order valence-electron chi connectivity index (χ4n) is 3.76. The van der Waals surface area contributed by atoms with E-state index in [1.54, 1.807) is 36.7 Å². The van der Waals surface area contributed by atoms with Crippen molar-refractivity contribution in [2.75, 3.05) is 0 Å². The van der Waals surface area contributed by atoms with E-state index in [0.29, 0.717) is 27.7 Å². The number of aromatic amines is 1. The highest BCUT2D eigenvalue weighted by atomic mass is 16.3. The number of phenols is 1. The second-order valence-corrected chi connectivity index (χ2v) is 7.85. The second kappa shape index (κ2) is 8.99. The zero-order valence-electron chi connectivity index (χ0n) is 18.4. The van der Waals surface area contributed by atoms with Gasteiger partial charge in [0.05, 0.1) is 34.9 Å². The van der Waals surface area contributed by atoms with E-state index >= 15 is 0 Å². The van der Waals surface area contributed by atoms with Gasteiger partial charge in [0.15, 0.2) is 0 Å². The third kappa shape index (κ3) is 4.14. The van der Waals surface area contributed by atoms with E-state index in [-0.39, 0.29) is 11.7 Å². The molecule has 166 valence electrons. The van der Waals surface area contributed by atoms with Crippen molar-refractivity contribution in [3.63, 3.8) is 0 Å². The molecule has 3 N–H and O–H groups in total. The zero-order valence-corrected chi connectivity index (χ0v) is 18.4. The summed E-state index contributed by atoms with van der Waals surface area (Å²) in [6.07, 6.45) is 3.22. The number of amides is 1. The molecule has 2 aromatic heterocycles. The molecule has 1 amide bonds. The number of hydrazone groups is 1. The van der Waals surface area contributed by atoms with Crippen LogP contribution in [-0.2, 0) is 0 Å². The third-order valence-corrected chi connectivity index (χ3v) is 5.52. The Morgan fingerprint density at radius 2 is 1.79 bits per heavy atom. The van der Waals surface area contributed by atoms with E-state index in [1.807, 2.05) is 61.5 Å². The summed E-state index contributed by atoms with van der Waals surface area (Å²) in [6, 6.07) is 24.0. The molecule has 0 atom stereocenters. The van der Waals surface area contributed by atoms with Gasteiger partial charge in [-0.3, -0.25) is 9.89 Å². The van der Waals surface area contributed by atoms with Crippen molar-refractivity contribution in [1.29, 1.82) is 0 Å². The monoisotopic (exact) mass is 447 g/mol. The predicted octanol–water partition coefficient (Wildman–Crippen LogP) is 5.07. The molecule has 0 bridgehead atoms. The number of carbonyl (C=O) groups excluding carboxylic acids is 1. The maximum Gasteiger partial charge on any atom is 0.272 e. The number of nitrogens with one attached hydrogen (secondary N) is 2. The van der Waals surface area contributed by atoms with Crippen molar-refractivity contribution in [1.82, 2.24) is 20.6 Å². The molecule has 5 rings (SSSR count). The number of fused-ring (bicyclic) bond motifs is 1. The van der Waals surface area contributed by atoms with Gasteiger partial charge >= 0.3 is 0 Å². The number of aromatic hydroxyl groups is 1. The smallest absolute Gasteiger partial charge is 0.272 e. The Balaban J connectivity index is 1.45. The maximum absolute atomic E-state index is 13.1. The van der Waals surface area contributed by atoms with Crippen LogP contribution in [0, 0.1) is 6.92 Å². The lowest BCUT2D eigenvalue weighted by atomic mass is 10.0. The van der Waals surface area contributed by atoms with Crippen LogP contribution < -0.4 is 5.43 Å². The van der Waals surface area contributed by atoms with Crippen molar-refractivity contribution in [2.24, 2.45) is 5.10 Å². The van der Waals surface area contributed by atoms with Crippen LogP contribution in [-0.4, -0.2) is 32.4 Å². The van der Waals surface area contributed by atoms with Crippen LogP contribution in [0.4, 0.5) is 0 Å². The van der Waals surface area contributed by atoms with Gasteiger partial charge in [0.1, 0.15) is 5.75 Å². The third-order valence-electron chi connectivity index (χ3n) is 5.52. The first kappa shape index (κ1) is 21.1. The topological polar surface area (TPSA) is 103 Å². The lowest BCUT2D eigenvalue weighted by Gasteiger charge is -2.10. The minimum atomic E-state index is -0.382. The normalized spacial score (nSPS) is 11.2. The maximum atomic E-state index is 13.1. The number of pyridine rings is 1. The predicted molar refractivity (Wildman–Crippen MR) is 133 cm³/mol. The van der Waals surface area contributed by atoms with Crippen LogP contribution in [0.5, 0.6) is 5.75 Å². The van der Waals surface area contributed by atoms with E-state index in [2.05, 4.69) is 25.7 Å².